The Bertz CT molecular complexity index is 398. The summed E-state index contributed by atoms with van der Waals surface area (Å²) in [4.78, 5) is 2.09. The van der Waals surface area contributed by atoms with Crippen LogP contribution in [0.2, 0.25) is 0 Å². The summed E-state index contributed by atoms with van der Waals surface area (Å²) >= 11 is 0. The number of nitriles is 1. The minimum Gasteiger partial charge on any atom is -0.397 e. The van der Waals surface area contributed by atoms with Gasteiger partial charge in [0.25, 0.3) is 0 Å². The maximum atomic E-state index is 8.67. The van der Waals surface area contributed by atoms with E-state index in [1.54, 1.807) is 7.11 Å². The number of anilines is 2. The van der Waals surface area contributed by atoms with Gasteiger partial charge < -0.3 is 15.4 Å². The van der Waals surface area contributed by atoms with E-state index in [0.29, 0.717) is 19.6 Å². The van der Waals surface area contributed by atoms with Crippen molar-refractivity contribution in [2.24, 2.45) is 0 Å². The molecule has 0 unspecified atom stereocenters. The summed E-state index contributed by atoms with van der Waals surface area (Å²) in [5, 5.41) is 8.67. The fraction of sp³-hybridized carbons (Fsp3) is 0.462. The average molecular weight is 233 g/mol. The van der Waals surface area contributed by atoms with E-state index < -0.39 is 0 Å². The average Bonchev–Trinajstić information content (AvgIpc) is 2.33. The zero-order valence-electron chi connectivity index (χ0n) is 10.4. The molecule has 0 saturated carbocycles. The van der Waals surface area contributed by atoms with Crippen LogP contribution in [-0.4, -0.2) is 26.8 Å². The molecule has 2 N–H and O–H groups in total. The van der Waals surface area contributed by atoms with Crippen molar-refractivity contribution >= 4 is 11.4 Å². The number of nitrogens with two attached hydrogens (primary N) is 1. The fourth-order valence-electron chi connectivity index (χ4n) is 1.67. The second-order valence-corrected chi connectivity index (χ2v) is 3.95. The highest BCUT2D eigenvalue weighted by Gasteiger charge is 2.09. The summed E-state index contributed by atoms with van der Waals surface area (Å²) < 4.78 is 5.08. The van der Waals surface area contributed by atoms with E-state index in [-0.39, 0.29) is 0 Å². The van der Waals surface area contributed by atoms with E-state index in [0.717, 1.165) is 23.5 Å². The van der Waals surface area contributed by atoms with E-state index in [2.05, 4.69) is 11.0 Å². The van der Waals surface area contributed by atoms with Crippen LogP contribution in [0.1, 0.15) is 12.0 Å². The van der Waals surface area contributed by atoms with Crippen molar-refractivity contribution in [3.05, 3.63) is 23.8 Å². The summed E-state index contributed by atoms with van der Waals surface area (Å²) in [6.07, 6.45) is 0.483. The van der Waals surface area contributed by atoms with Crippen LogP contribution in [0.15, 0.2) is 18.2 Å². The smallest absolute Gasteiger partial charge is 0.0640 e. The van der Waals surface area contributed by atoms with Gasteiger partial charge in [-0.1, -0.05) is 6.07 Å². The molecular formula is C13H19N3O. The number of nitrogen functional groups attached to an aromatic ring is 1. The van der Waals surface area contributed by atoms with Crippen molar-refractivity contribution in [3.63, 3.8) is 0 Å². The maximum absolute atomic E-state index is 8.67. The molecule has 17 heavy (non-hydrogen) atoms. The second-order valence-electron chi connectivity index (χ2n) is 3.95. The quantitative estimate of drug-likeness (QED) is 0.763. The van der Waals surface area contributed by atoms with Crippen LogP contribution in [0.4, 0.5) is 11.4 Å². The van der Waals surface area contributed by atoms with Gasteiger partial charge in [0.2, 0.25) is 0 Å². The first-order chi connectivity index (χ1) is 8.19. The summed E-state index contributed by atoms with van der Waals surface area (Å²) in [6, 6.07) is 8.08. The molecule has 1 aromatic rings. The fourth-order valence-corrected chi connectivity index (χ4v) is 1.67. The summed E-state index contributed by atoms with van der Waals surface area (Å²) in [5.41, 5.74) is 8.85. The lowest BCUT2D eigenvalue weighted by molar-refractivity contribution is 0.205. The molecule has 1 aromatic carbocycles. The highest BCUT2D eigenvalue weighted by atomic mass is 16.5. The molecule has 0 fully saturated rings. The van der Waals surface area contributed by atoms with E-state index in [9.17, 15) is 0 Å². The normalized spacial score (nSPS) is 9.94. The number of hydrogen-bond donors (Lipinski definition) is 1. The number of methoxy groups -OCH3 is 1. The number of rotatable bonds is 6. The lowest BCUT2D eigenvalue weighted by Gasteiger charge is -2.25. The van der Waals surface area contributed by atoms with Gasteiger partial charge in [0, 0.05) is 20.2 Å². The lowest BCUT2D eigenvalue weighted by Crippen LogP contribution is -2.29. The first kappa shape index (κ1) is 13.3. The lowest BCUT2D eigenvalue weighted by atomic mass is 10.1. The van der Waals surface area contributed by atoms with E-state index in [4.69, 9.17) is 15.7 Å². The van der Waals surface area contributed by atoms with E-state index in [1.165, 1.54) is 0 Å². The molecule has 0 bridgehead atoms. The Morgan fingerprint density at radius 3 is 2.82 bits per heavy atom. The Balaban J connectivity index is 2.86. The third kappa shape index (κ3) is 3.97. The SMILES string of the molecule is COCCN(CCC#N)c1cc(C)ccc1N. The molecule has 0 aliphatic rings. The van der Waals surface area contributed by atoms with Crippen LogP contribution >= 0.6 is 0 Å². The minimum atomic E-state index is 0.483. The van der Waals surface area contributed by atoms with Crippen molar-refractivity contribution < 1.29 is 4.74 Å². The molecule has 4 heteroatoms. The van der Waals surface area contributed by atoms with E-state index >= 15 is 0 Å². The summed E-state index contributed by atoms with van der Waals surface area (Å²) in [5.74, 6) is 0. The molecular weight excluding hydrogens is 214 g/mol. The zero-order chi connectivity index (χ0) is 12.7. The summed E-state index contributed by atoms with van der Waals surface area (Å²) in [6.45, 7) is 4.07. The Hall–Kier alpha value is -1.73. The van der Waals surface area contributed by atoms with Gasteiger partial charge in [-0.15, -0.1) is 0 Å². The second kappa shape index (κ2) is 6.77. The molecule has 0 aromatic heterocycles. The Kier molecular flexibility index (Phi) is 5.31. The molecule has 0 heterocycles. The Morgan fingerprint density at radius 2 is 2.18 bits per heavy atom. The predicted octanol–water partition coefficient (Wildman–Crippen LogP) is 1.94. The molecule has 0 atom stereocenters. The van der Waals surface area contributed by atoms with Crippen molar-refractivity contribution in [2.45, 2.75) is 13.3 Å². The van der Waals surface area contributed by atoms with Crippen LogP contribution < -0.4 is 10.6 Å². The molecule has 4 nitrogen and oxygen atoms in total. The number of benzene rings is 1. The van der Waals surface area contributed by atoms with Gasteiger partial charge in [-0.05, 0) is 24.6 Å². The molecule has 92 valence electrons. The molecule has 0 spiro atoms. The van der Waals surface area contributed by atoms with Crippen molar-refractivity contribution in [1.29, 1.82) is 5.26 Å². The van der Waals surface area contributed by atoms with Crippen molar-refractivity contribution in [2.75, 3.05) is 37.4 Å². The van der Waals surface area contributed by atoms with Crippen LogP contribution in [0, 0.1) is 18.3 Å². The third-order valence-electron chi connectivity index (χ3n) is 2.59. The topological polar surface area (TPSA) is 62.3 Å². The third-order valence-corrected chi connectivity index (χ3v) is 2.59. The highest BCUT2D eigenvalue weighted by molar-refractivity contribution is 5.68. The van der Waals surface area contributed by atoms with Gasteiger partial charge in [0.1, 0.15) is 0 Å². The zero-order valence-corrected chi connectivity index (χ0v) is 10.4. The first-order valence-electron chi connectivity index (χ1n) is 5.66. The molecule has 1 rings (SSSR count). The largest absolute Gasteiger partial charge is 0.397 e. The van der Waals surface area contributed by atoms with Crippen LogP contribution in [0.5, 0.6) is 0 Å². The first-order valence-corrected chi connectivity index (χ1v) is 5.66. The molecule has 0 radical (unpaired) electrons. The molecule has 0 aliphatic carbocycles. The number of ether oxygens (including phenoxy) is 1. The standard InChI is InChI=1S/C13H19N3O/c1-11-4-5-12(15)13(10-11)16(7-3-6-14)8-9-17-2/h4-5,10H,3,7-9,15H2,1-2H3. The van der Waals surface area contributed by atoms with E-state index in [1.807, 2.05) is 25.1 Å². The van der Waals surface area contributed by atoms with Gasteiger partial charge >= 0.3 is 0 Å². The molecule has 0 saturated heterocycles. The molecule has 0 amide bonds. The number of aryl methyl sites for hydroxylation is 1. The van der Waals surface area contributed by atoms with Gasteiger partial charge in [-0.3, -0.25) is 0 Å². The predicted molar refractivity (Wildman–Crippen MR) is 69.9 cm³/mol. The van der Waals surface area contributed by atoms with Crippen molar-refractivity contribution in [3.8, 4) is 6.07 Å². The van der Waals surface area contributed by atoms with Gasteiger partial charge in [-0.25, -0.2) is 0 Å². The van der Waals surface area contributed by atoms with Crippen molar-refractivity contribution in [1.82, 2.24) is 0 Å². The van der Waals surface area contributed by atoms with Crippen LogP contribution in [-0.2, 0) is 4.74 Å². The number of hydrogen-bond acceptors (Lipinski definition) is 4. The minimum absolute atomic E-state index is 0.483. The van der Waals surface area contributed by atoms with Gasteiger partial charge in [0.05, 0.1) is 30.5 Å². The monoisotopic (exact) mass is 233 g/mol. The Morgan fingerprint density at radius 1 is 1.41 bits per heavy atom. The Labute approximate surface area is 103 Å². The maximum Gasteiger partial charge on any atom is 0.0640 e. The molecule has 0 aliphatic heterocycles. The van der Waals surface area contributed by atoms with Crippen LogP contribution in [0.3, 0.4) is 0 Å². The number of nitrogens with zero attached hydrogens (tertiary/aromatic N) is 2. The summed E-state index contributed by atoms with van der Waals surface area (Å²) in [7, 11) is 1.67. The highest BCUT2D eigenvalue weighted by Crippen LogP contribution is 2.24. The van der Waals surface area contributed by atoms with Crippen LogP contribution in [0.25, 0.3) is 0 Å². The van der Waals surface area contributed by atoms with Gasteiger partial charge in [0.15, 0.2) is 0 Å². The van der Waals surface area contributed by atoms with Gasteiger partial charge in [-0.2, -0.15) is 5.26 Å².